The number of methoxy groups -OCH3 is 2. The zero-order valence-electron chi connectivity index (χ0n) is 10.7. The Morgan fingerprint density at radius 2 is 1.89 bits per heavy atom. The van der Waals surface area contributed by atoms with Crippen molar-refractivity contribution in [2.45, 2.75) is 18.7 Å². The molecule has 18 heavy (non-hydrogen) atoms. The van der Waals surface area contributed by atoms with E-state index in [1.165, 1.54) is 0 Å². The van der Waals surface area contributed by atoms with Gasteiger partial charge in [-0.1, -0.05) is 0 Å². The summed E-state index contributed by atoms with van der Waals surface area (Å²) in [5.74, 6) is 1.32. The highest BCUT2D eigenvalue weighted by Gasteiger charge is 2.30. The number of hydrogen-bond donors (Lipinski definition) is 0. The predicted octanol–water partition coefficient (Wildman–Crippen LogP) is 2.36. The lowest BCUT2D eigenvalue weighted by atomic mass is 10.1. The second-order valence-corrected chi connectivity index (χ2v) is 4.92. The summed E-state index contributed by atoms with van der Waals surface area (Å²) >= 11 is 6.02. The average Bonchev–Trinajstić information content (AvgIpc) is 2.68. The van der Waals surface area contributed by atoms with Gasteiger partial charge in [-0.25, -0.2) is 0 Å². The molecule has 1 unspecified atom stereocenters. The number of halogens is 1. The van der Waals surface area contributed by atoms with E-state index in [1.807, 2.05) is 19.1 Å². The van der Waals surface area contributed by atoms with E-state index < -0.39 is 0 Å². The zero-order valence-corrected chi connectivity index (χ0v) is 11.5. The van der Waals surface area contributed by atoms with Crippen LogP contribution in [0.25, 0.3) is 0 Å². The van der Waals surface area contributed by atoms with Crippen LogP contribution < -0.4 is 14.4 Å². The van der Waals surface area contributed by atoms with Gasteiger partial charge in [0.2, 0.25) is 5.91 Å². The summed E-state index contributed by atoms with van der Waals surface area (Å²) < 4.78 is 10.5. The van der Waals surface area contributed by atoms with Crippen LogP contribution in [0.1, 0.15) is 12.0 Å². The van der Waals surface area contributed by atoms with E-state index in [4.69, 9.17) is 21.1 Å². The van der Waals surface area contributed by atoms with Gasteiger partial charge in [0.15, 0.2) is 11.5 Å². The SMILES string of the molecule is COc1cc(C)c(N2CC(Cl)CC2=O)cc1OC. The van der Waals surface area contributed by atoms with Crippen molar-refractivity contribution in [1.29, 1.82) is 0 Å². The molecule has 1 aromatic carbocycles. The highest BCUT2D eigenvalue weighted by atomic mass is 35.5. The summed E-state index contributed by atoms with van der Waals surface area (Å²) in [6, 6.07) is 3.68. The number of carbonyl (C=O) groups excluding carboxylic acids is 1. The fourth-order valence-corrected chi connectivity index (χ4v) is 2.43. The van der Waals surface area contributed by atoms with Crippen molar-refractivity contribution in [3.63, 3.8) is 0 Å². The van der Waals surface area contributed by atoms with E-state index in [9.17, 15) is 4.79 Å². The average molecular weight is 270 g/mol. The minimum absolute atomic E-state index is 0.0466. The van der Waals surface area contributed by atoms with E-state index >= 15 is 0 Å². The Bertz CT molecular complexity index is 476. The van der Waals surface area contributed by atoms with Crippen molar-refractivity contribution < 1.29 is 14.3 Å². The highest BCUT2D eigenvalue weighted by molar-refractivity contribution is 6.24. The lowest BCUT2D eigenvalue weighted by molar-refractivity contribution is -0.117. The van der Waals surface area contributed by atoms with Gasteiger partial charge in [-0.05, 0) is 18.6 Å². The maximum Gasteiger partial charge on any atom is 0.228 e. The molecule has 1 atom stereocenters. The first kappa shape index (κ1) is 13.0. The van der Waals surface area contributed by atoms with Crippen LogP contribution in [0.4, 0.5) is 5.69 Å². The molecule has 98 valence electrons. The molecule has 0 spiro atoms. The molecule has 0 bridgehead atoms. The topological polar surface area (TPSA) is 38.8 Å². The number of ether oxygens (including phenoxy) is 2. The second kappa shape index (κ2) is 5.06. The number of aryl methyl sites for hydroxylation is 1. The smallest absolute Gasteiger partial charge is 0.228 e. The Labute approximate surface area is 111 Å². The maximum absolute atomic E-state index is 11.9. The Morgan fingerprint density at radius 1 is 1.28 bits per heavy atom. The van der Waals surface area contributed by atoms with Gasteiger partial charge in [0.05, 0.1) is 25.3 Å². The van der Waals surface area contributed by atoms with Crippen molar-refractivity contribution >= 4 is 23.2 Å². The number of rotatable bonds is 3. The molecule has 1 saturated heterocycles. The van der Waals surface area contributed by atoms with Crippen molar-refractivity contribution in [3.8, 4) is 11.5 Å². The number of amides is 1. The molecule has 4 nitrogen and oxygen atoms in total. The summed E-state index contributed by atoms with van der Waals surface area (Å²) in [5, 5.41) is -0.120. The molecule has 1 aliphatic heterocycles. The summed E-state index contributed by atoms with van der Waals surface area (Å²) in [4.78, 5) is 13.6. The first-order valence-electron chi connectivity index (χ1n) is 5.74. The molecular formula is C13H16ClNO3. The number of benzene rings is 1. The van der Waals surface area contributed by atoms with Crippen LogP contribution in [0.3, 0.4) is 0 Å². The van der Waals surface area contributed by atoms with Gasteiger partial charge in [0, 0.05) is 19.0 Å². The van der Waals surface area contributed by atoms with Crippen molar-refractivity contribution in [3.05, 3.63) is 17.7 Å². The van der Waals surface area contributed by atoms with E-state index in [0.717, 1.165) is 11.3 Å². The molecular weight excluding hydrogens is 254 g/mol. The third kappa shape index (κ3) is 2.25. The lowest BCUT2D eigenvalue weighted by Gasteiger charge is -2.20. The van der Waals surface area contributed by atoms with Crippen molar-refractivity contribution in [1.82, 2.24) is 0 Å². The number of anilines is 1. The second-order valence-electron chi connectivity index (χ2n) is 4.30. The molecule has 5 heteroatoms. The van der Waals surface area contributed by atoms with Gasteiger partial charge in [-0.2, -0.15) is 0 Å². The highest BCUT2D eigenvalue weighted by Crippen LogP contribution is 2.36. The van der Waals surface area contributed by atoms with E-state index in [2.05, 4.69) is 0 Å². The zero-order chi connectivity index (χ0) is 13.3. The molecule has 0 aromatic heterocycles. The molecule has 1 fully saturated rings. The molecule has 1 heterocycles. The third-order valence-corrected chi connectivity index (χ3v) is 3.36. The molecule has 0 N–H and O–H groups in total. The maximum atomic E-state index is 11.9. The standard InChI is InChI=1S/C13H16ClNO3/c1-8-4-11(17-2)12(18-3)6-10(8)15-7-9(14)5-13(15)16/h4,6,9H,5,7H2,1-3H3. The third-order valence-electron chi connectivity index (χ3n) is 3.07. The fourth-order valence-electron chi connectivity index (χ4n) is 2.16. The van der Waals surface area contributed by atoms with Crippen LogP contribution in [-0.2, 0) is 4.79 Å². The van der Waals surface area contributed by atoms with Gasteiger partial charge < -0.3 is 14.4 Å². The van der Waals surface area contributed by atoms with Crippen LogP contribution in [0.2, 0.25) is 0 Å². The molecule has 1 aliphatic rings. The van der Waals surface area contributed by atoms with Crippen LogP contribution in [0.15, 0.2) is 12.1 Å². The predicted molar refractivity (Wildman–Crippen MR) is 70.9 cm³/mol. The minimum atomic E-state index is -0.120. The Morgan fingerprint density at radius 3 is 2.39 bits per heavy atom. The quantitative estimate of drug-likeness (QED) is 0.791. The molecule has 2 rings (SSSR count). The molecule has 1 amide bonds. The molecule has 1 aromatic rings. The Hall–Kier alpha value is -1.42. The summed E-state index contributed by atoms with van der Waals surface area (Å²) in [6.07, 6.45) is 0.384. The summed E-state index contributed by atoms with van der Waals surface area (Å²) in [6.45, 7) is 2.48. The van der Waals surface area contributed by atoms with Crippen LogP contribution in [0.5, 0.6) is 11.5 Å². The first-order valence-corrected chi connectivity index (χ1v) is 6.17. The van der Waals surface area contributed by atoms with Gasteiger partial charge >= 0.3 is 0 Å². The molecule has 0 radical (unpaired) electrons. The molecule has 0 saturated carbocycles. The number of nitrogens with zero attached hydrogens (tertiary/aromatic N) is 1. The first-order chi connectivity index (χ1) is 8.56. The minimum Gasteiger partial charge on any atom is -0.493 e. The van der Waals surface area contributed by atoms with E-state index in [-0.39, 0.29) is 11.3 Å². The molecule has 0 aliphatic carbocycles. The van der Waals surface area contributed by atoms with Crippen molar-refractivity contribution in [2.24, 2.45) is 0 Å². The number of carbonyl (C=O) groups is 1. The van der Waals surface area contributed by atoms with Gasteiger partial charge in [-0.15, -0.1) is 11.6 Å². The van der Waals surface area contributed by atoms with Gasteiger partial charge in [-0.3, -0.25) is 4.79 Å². The van der Waals surface area contributed by atoms with Gasteiger partial charge in [0.1, 0.15) is 0 Å². The summed E-state index contributed by atoms with van der Waals surface area (Å²) in [7, 11) is 3.17. The van der Waals surface area contributed by atoms with E-state index in [1.54, 1.807) is 19.1 Å². The monoisotopic (exact) mass is 269 g/mol. The Kier molecular flexibility index (Phi) is 3.66. The Balaban J connectivity index is 2.42. The normalized spacial score (nSPS) is 19.2. The van der Waals surface area contributed by atoms with Gasteiger partial charge in [0.25, 0.3) is 0 Å². The number of hydrogen-bond acceptors (Lipinski definition) is 3. The van der Waals surface area contributed by atoms with Crippen LogP contribution >= 0.6 is 11.6 Å². The largest absolute Gasteiger partial charge is 0.493 e. The van der Waals surface area contributed by atoms with Crippen molar-refractivity contribution in [2.75, 3.05) is 25.7 Å². The van der Waals surface area contributed by atoms with Crippen LogP contribution in [-0.4, -0.2) is 32.0 Å². The van der Waals surface area contributed by atoms with E-state index in [0.29, 0.717) is 24.5 Å². The lowest BCUT2D eigenvalue weighted by Crippen LogP contribution is -2.25. The number of alkyl halides is 1. The fraction of sp³-hybridized carbons (Fsp3) is 0.462. The van der Waals surface area contributed by atoms with Crippen LogP contribution in [0, 0.1) is 6.92 Å². The summed E-state index contributed by atoms with van der Waals surface area (Å²) in [5.41, 5.74) is 1.80.